The number of carbonyl (C=O) groups excluding carboxylic acids is 2. The van der Waals surface area contributed by atoms with Crippen LogP contribution in [-0.2, 0) is 19.1 Å². The summed E-state index contributed by atoms with van der Waals surface area (Å²) in [4.78, 5) is 27.2. The summed E-state index contributed by atoms with van der Waals surface area (Å²) in [5, 5.41) is 9.87. The Bertz CT molecular complexity index is 1570. The quantitative estimate of drug-likeness (QED) is 0.410. The van der Waals surface area contributed by atoms with Crippen LogP contribution in [0.1, 0.15) is 11.5 Å². The number of nitrogens with two attached hydrogens (primary N) is 1. The number of anilines is 1. The zero-order valence-corrected chi connectivity index (χ0v) is 21.3. The molecule has 1 heterocycles. The number of nitriles is 1. The van der Waals surface area contributed by atoms with Crippen LogP contribution in [-0.4, -0.2) is 26.2 Å². The summed E-state index contributed by atoms with van der Waals surface area (Å²) < 4.78 is 44.8. The van der Waals surface area contributed by atoms with Gasteiger partial charge in [-0.3, -0.25) is 4.90 Å². The summed E-state index contributed by atoms with van der Waals surface area (Å²) in [6.45, 7) is 0. The van der Waals surface area contributed by atoms with Crippen LogP contribution >= 0.6 is 11.6 Å². The van der Waals surface area contributed by atoms with Crippen LogP contribution in [0, 0.1) is 23.0 Å². The van der Waals surface area contributed by atoms with Crippen LogP contribution in [0.15, 0.2) is 89.4 Å². The number of methoxy groups -OCH3 is 2. The van der Waals surface area contributed by atoms with Gasteiger partial charge in [0.05, 0.1) is 48.1 Å². The number of ether oxygens (including phenoxy) is 3. The average Bonchev–Trinajstić information content (AvgIpc) is 2.95. The third kappa shape index (κ3) is 5.00. The van der Waals surface area contributed by atoms with Crippen molar-refractivity contribution in [2.45, 2.75) is 5.92 Å². The topological polar surface area (TPSA) is 115 Å². The van der Waals surface area contributed by atoms with E-state index in [1.807, 2.05) is 6.07 Å². The van der Waals surface area contributed by atoms with Gasteiger partial charge >= 0.3 is 11.9 Å². The number of esters is 2. The predicted octanol–water partition coefficient (Wildman–Crippen LogP) is 5.31. The van der Waals surface area contributed by atoms with Gasteiger partial charge in [-0.05, 0) is 29.8 Å². The summed E-state index contributed by atoms with van der Waals surface area (Å²) in [5.41, 5.74) is 6.14. The van der Waals surface area contributed by atoms with Crippen LogP contribution in [0.4, 0.5) is 14.5 Å². The molecule has 1 unspecified atom stereocenters. The Morgan fingerprint density at radius 2 is 1.67 bits per heavy atom. The van der Waals surface area contributed by atoms with E-state index in [2.05, 4.69) is 0 Å². The molecule has 0 bridgehead atoms. The summed E-state index contributed by atoms with van der Waals surface area (Å²) in [5.74, 6) is -5.75. The molecule has 0 saturated carbocycles. The number of benzene rings is 3. The molecular formula is C28H20ClF2N3O5. The van der Waals surface area contributed by atoms with E-state index < -0.39 is 29.5 Å². The van der Waals surface area contributed by atoms with Crippen molar-refractivity contribution in [3.05, 3.63) is 112 Å². The molecule has 0 spiro atoms. The Morgan fingerprint density at radius 1 is 0.974 bits per heavy atom. The molecule has 3 aromatic carbocycles. The van der Waals surface area contributed by atoms with Gasteiger partial charge in [0, 0.05) is 6.07 Å². The van der Waals surface area contributed by atoms with Gasteiger partial charge in [0.1, 0.15) is 11.5 Å². The molecule has 0 saturated heterocycles. The van der Waals surface area contributed by atoms with Gasteiger partial charge in [-0.2, -0.15) is 5.26 Å². The third-order valence-corrected chi connectivity index (χ3v) is 6.21. The minimum absolute atomic E-state index is 0.0509. The monoisotopic (exact) mass is 551 g/mol. The lowest BCUT2D eigenvalue weighted by Crippen LogP contribution is -2.40. The Labute approximate surface area is 227 Å². The molecule has 1 aliphatic heterocycles. The lowest BCUT2D eigenvalue weighted by molar-refractivity contribution is -0.139. The Hall–Kier alpha value is -4.88. The number of hydrogen-bond acceptors (Lipinski definition) is 8. The largest absolute Gasteiger partial charge is 0.466 e. The van der Waals surface area contributed by atoms with Crippen molar-refractivity contribution in [1.82, 2.24) is 0 Å². The van der Waals surface area contributed by atoms with E-state index in [9.17, 15) is 19.2 Å². The van der Waals surface area contributed by atoms with Crippen molar-refractivity contribution >= 4 is 29.2 Å². The number of nitrogens with zero attached hydrogens (tertiary/aromatic N) is 2. The number of carbonyl (C=O) groups is 2. The smallest absolute Gasteiger partial charge is 0.355 e. The van der Waals surface area contributed by atoms with Crippen molar-refractivity contribution in [3.8, 4) is 17.6 Å². The Morgan fingerprint density at radius 3 is 2.28 bits per heavy atom. The maximum Gasteiger partial charge on any atom is 0.355 e. The normalized spacial score (nSPS) is 15.1. The molecule has 198 valence electrons. The second kappa shape index (κ2) is 11.2. The van der Waals surface area contributed by atoms with E-state index in [-0.39, 0.29) is 44.9 Å². The van der Waals surface area contributed by atoms with Crippen LogP contribution in [0.2, 0.25) is 5.02 Å². The summed E-state index contributed by atoms with van der Waals surface area (Å²) in [7, 11) is 2.21. The zero-order chi connectivity index (χ0) is 28.3. The lowest BCUT2D eigenvalue weighted by Gasteiger charge is -2.35. The van der Waals surface area contributed by atoms with Crippen molar-refractivity contribution in [2.24, 2.45) is 5.73 Å². The number of hydrogen-bond donors (Lipinski definition) is 1. The highest BCUT2D eigenvalue weighted by molar-refractivity contribution is 6.30. The van der Waals surface area contributed by atoms with Gasteiger partial charge in [-0.1, -0.05) is 48.0 Å². The molecule has 0 radical (unpaired) electrons. The average molecular weight is 552 g/mol. The second-order valence-electron chi connectivity index (χ2n) is 8.10. The van der Waals surface area contributed by atoms with E-state index in [0.717, 1.165) is 25.2 Å². The Kier molecular flexibility index (Phi) is 7.83. The fraction of sp³-hybridized carbons (Fsp3) is 0.107. The fourth-order valence-corrected chi connectivity index (χ4v) is 4.34. The molecule has 0 aromatic heterocycles. The maximum absolute atomic E-state index is 15.2. The van der Waals surface area contributed by atoms with Gasteiger partial charge < -0.3 is 19.9 Å². The van der Waals surface area contributed by atoms with Crippen molar-refractivity contribution < 1.29 is 32.6 Å². The maximum atomic E-state index is 15.2. The van der Waals surface area contributed by atoms with E-state index in [4.69, 9.17) is 31.5 Å². The van der Waals surface area contributed by atoms with Crippen molar-refractivity contribution in [3.63, 3.8) is 0 Å². The molecular weight excluding hydrogens is 532 g/mol. The van der Waals surface area contributed by atoms with Crippen LogP contribution in [0.25, 0.3) is 0 Å². The standard InChI is InChI=1S/C28H20ClF2N3O5/c1-37-27(35)23-22(15-7-4-3-5-8-15)17(14-32)26(33)34(25(23)28(36)38-2)16-11-12-20(19(30)13-16)39-21-10-6-9-18(29)24(21)31/h3-13,22H,33H2,1-2H3. The number of halogens is 3. The molecule has 0 aliphatic carbocycles. The minimum atomic E-state index is -1.08. The second-order valence-corrected chi connectivity index (χ2v) is 8.51. The first kappa shape index (κ1) is 27.2. The SMILES string of the molecule is COC(=O)C1=C(C(=O)OC)N(c2ccc(Oc3cccc(Cl)c3F)c(F)c2)C(N)=C(C#N)C1c1ccccc1. The molecule has 8 nitrogen and oxygen atoms in total. The number of allylic oxidation sites excluding steroid dienone is 1. The van der Waals surface area contributed by atoms with E-state index >= 15 is 4.39 Å². The number of rotatable bonds is 6. The zero-order valence-electron chi connectivity index (χ0n) is 20.6. The molecule has 1 atom stereocenters. The van der Waals surface area contributed by atoms with Crippen LogP contribution in [0.5, 0.6) is 11.5 Å². The highest BCUT2D eigenvalue weighted by Gasteiger charge is 2.43. The first-order valence-corrected chi connectivity index (χ1v) is 11.7. The van der Waals surface area contributed by atoms with Gasteiger partial charge in [0.25, 0.3) is 0 Å². The van der Waals surface area contributed by atoms with Gasteiger partial charge in [0.15, 0.2) is 23.1 Å². The third-order valence-electron chi connectivity index (χ3n) is 5.92. The summed E-state index contributed by atoms with van der Waals surface area (Å²) in [6, 6.07) is 17.9. The van der Waals surface area contributed by atoms with Gasteiger partial charge in [0.2, 0.25) is 0 Å². The van der Waals surface area contributed by atoms with Crippen molar-refractivity contribution in [2.75, 3.05) is 19.1 Å². The summed E-state index contributed by atoms with van der Waals surface area (Å²) in [6.07, 6.45) is 0. The molecule has 39 heavy (non-hydrogen) atoms. The Balaban J connectivity index is 1.91. The van der Waals surface area contributed by atoms with Crippen LogP contribution in [0.3, 0.4) is 0 Å². The summed E-state index contributed by atoms with van der Waals surface area (Å²) >= 11 is 5.77. The van der Waals surface area contributed by atoms with E-state index in [1.165, 1.54) is 30.3 Å². The van der Waals surface area contributed by atoms with Gasteiger partial charge in [-0.15, -0.1) is 0 Å². The molecule has 3 aromatic rings. The van der Waals surface area contributed by atoms with E-state index in [0.29, 0.717) is 5.56 Å². The molecule has 4 rings (SSSR count). The molecule has 11 heteroatoms. The predicted molar refractivity (Wildman–Crippen MR) is 137 cm³/mol. The first-order chi connectivity index (χ1) is 18.7. The lowest BCUT2D eigenvalue weighted by atomic mass is 9.81. The molecule has 0 amide bonds. The highest BCUT2D eigenvalue weighted by Crippen LogP contribution is 2.44. The highest BCUT2D eigenvalue weighted by atomic mass is 35.5. The van der Waals surface area contributed by atoms with E-state index in [1.54, 1.807) is 30.3 Å². The molecule has 0 fully saturated rings. The fourth-order valence-electron chi connectivity index (χ4n) is 4.17. The molecule has 1 aliphatic rings. The van der Waals surface area contributed by atoms with Crippen LogP contribution < -0.4 is 15.4 Å². The van der Waals surface area contributed by atoms with Gasteiger partial charge in [-0.25, -0.2) is 18.4 Å². The molecule has 2 N–H and O–H groups in total. The minimum Gasteiger partial charge on any atom is -0.466 e. The first-order valence-electron chi connectivity index (χ1n) is 11.3. The van der Waals surface area contributed by atoms with Crippen molar-refractivity contribution in [1.29, 1.82) is 5.26 Å².